The Labute approximate surface area is 311 Å². The van der Waals surface area contributed by atoms with Crippen LogP contribution in [0.15, 0.2) is 46.3 Å². The van der Waals surface area contributed by atoms with Gasteiger partial charge in [-0.1, -0.05) is 52.2 Å². The minimum absolute atomic E-state index is 0.0121. The topological polar surface area (TPSA) is 182 Å². The SMILES string of the molecule is CC1=CC2C(=O)C3CCCC4OC5OC(CO)C(O)C(O)(CC67CCCC6C6=CCC8=C6C6C(NC8SSCC2(C(=O)C43)C(O)=C1)[NH2+]CCC67)C5O. The molecule has 11 nitrogen and oxygen atoms in total. The van der Waals surface area contributed by atoms with E-state index >= 15 is 4.79 Å². The van der Waals surface area contributed by atoms with Crippen molar-refractivity contribution < 1.29 is 49.9 Å². The third-order valence-electron chi connectivity index (χ3n) is 15.4. The summed E-state index contributed by atoms with van der Waals surface area (Å²) in [7, 11) is 3.25. The van der Waals surface area contributed by atoms with Crippen LogP contribution in [-0.2, 0) is 19.1 Å². The molecule has 13 heteroatoms. The van der Waals surface area contributed by atoms with E-state index in [0.29, 0.717) is 19.3 Å². The number of carbonyl (C=O) groups is 2. The summed E-state index contributed by atoms with van der Waals surface area (Å²) in [6.07, 6.45) is 5.47. The number of piperidine rings is 1. The second-order valence-electron chi connectivity index (χ2n) is 17.5. The zero-order chi connectivity index (χ0) is 35.9. The highest BCUT2D eigenvalue weighted by Crippen LogP contribution is 2.68. The van der Waals surface area contributed by atoms with Gasteiger partial charge in [0, 0.05) is 18.1 Å². The van der Waals surface area contributed by atoms with Gasteiger partial charge in [-0.15, -0.1) is 0 Å². The molecule has 52 heavy (non-hydrogen) atoms. The van der Waals surface area contributed by atoms with Gasteiger partial charge in [-0.05, 0) is 85.5 Å². The lowest BCUT2D eigenvalue weighted by atomic mass is 9.48. The maximum Gasteiger partial charge on any atom is 0.187 e. The minimum Gasteiger partial charge on any atom is -0.511 e. The number of nitrogens with one attached hydrogen (secondary N) is 1. The van der Waals surface area contributed by atoms with E-state index in [4.69, 9.17) is 9.47 Å². The first-order valence-corrected chi connectivity index (χ1v) is 21.9. The third kappa shape index (κ3) is 4.52. The molecule has 5 aliphatic heterocycles. The second kappa shape index (κ2) is 12.2. The van der Waals surface area contributed by atoms with Crippen molar-refractivity contribution in [1.29, 1.82) is 0 Å². The molecule has 12 bridgehead atoms. The van der Waals surface area contributed by atoms with Gasteiger partial charge in [-0.2, -0.15) is 0 Å². The molecule has 16 unspecified atom stereocenters. The van der Waals surface area contributed by atoms with Crippen molar-refractivity contribution in [2.75, 3.05) is 18.9 Å². The average molecular weight is 756 g/mol. The predicted octanol–water partition coefficient (Wildman–Crippen LogP) is 1.78. The molecule has 6 aliphatic carbocycles. The van der Waals surface area contributed by atoms with Crippen molar-refractivity contribution in [2.24, 2.45) is 46.3 Å². The Bertz CT molecular complexity index is 1710. The van der Waals surface area contributed by atoms with Gasteiger partial charge in [-0.25, -0.2) is 0 Å². The van der Waals surface area contributed by atoms with Crippen LogP contribution in [0.25, 0.3) is 0 Å². The van der Waals surface area contributed by atoms with E-state index in [0.717, 1.165) is 44.2 Å². The van der Waals surface area contributed by atoms with Crippen molar-refractivity contribution >= 4 is 33.2 Å². The molecular formula is C39H51N2O9S2+. The van der Waals surface area contributed by atoms with E-state index in [1.807, 2.05) is 13.0 Å². The number of aliphatic hydroxyl groups excluding tert-OH is 4. The van der Waals surface area contributed by atoms with E-state index in [2.05, 4.69) is 16.7 Å². The van der Waals surface area contributed by atoms with Gasteiger partial charge < -0.3 is 40.3 Å². The highest BCUT2D eigenvalue weighted by Gasteiger charge is 2.69. The number of fused-ring (bicyclic) bond motifs is 2. The van der Waals surface area contributed by atoms with Crippen LogP contribution >= 0.6 is 21.6 Å². The van der Waals surface area contributed by atoms with E-state index in [-0.39, 0.29) is 64.2 Å². The summed E-state index contributed by atoms with van der Waals surface area (Å²) in [5.41, 5.74) is 0.978. The Balaban J connectivity index is 1.14. The lowest BCUT2D eigenvalue weighted by Crippen LogP contribution is -2.98. The molecule has 2 spiro atoms. The highest BCUT2D eigenvalue weighted by atomic mass is 33.1. The first-order chi connectivity index (χ1) is 25.0. The van der Waals surface area contributed by atoms with Crippen LogP contribution in [0.5, 0.6) is 0 Å². The Morgan fingerprint density at radius 3 is 2.75 bits per heavy atom. The van der Waals surface area contributed by atoms with Crippen LogP contribution in [0.1, 0.15) is 64.7 Å². The van der Waals surface area contributed by atoms with Gasteiger partial charge in [-0.3, -0.25) is 14.9 Å². The van der Waals surface area contributed by atoms with Crippen LogP contribution in [0.2, 0.25) is 0 Å². The molecule has 8 N–H and O–H groups in total. The van der Waals surface area contributed by atoms with Crippen LogP contribution < -0.4 is 10.6 Å². The normalized spacial score (nSPS) is 52.3. The van der Waals surface area contributed by atoms with Crippen molar-refractivity contribution in [2.45, 2.75) is 113 Å². The molecule has 7 fully saturated rings. The fourth-order valence-electron chi connectivity index (χ4n) is 13.3. The Hall–Kier alpha value is -1.52. The van der Waals surface area contributed by atoms with Gasteiger partial charge in [0.05, 0.1) is 42.4 Å². The van der Waals surface area contributed by atoms with E-state index < -0.39 is 66.1 Å². The number of rotatable bonds is 1. The molecule has 282 valence electrons. The fraction of sp³-hybridized carbons (Fsp3) is 0.744. The van der Waals surface area contributed by atoms with Gasteiger partial charge in [0.2, 0.25) is 0 Å². The quantitative estimate of drug-likeness (QED) is 0.193. The standard InChI is InChI=1S/C39H50N2O9S2/c1-17-12-23-30(44)19-4-2-6-24-28(19)32(46)38(23,26(43)13-17)16-51-52-35-20-8-7-18-21-5-3-10-37(21,22-9-11-40-34(41-35)29(22)27(18)20)15-39(48)31(45)25(14-42)50-36(49-24)33(39)47/h7,12-13,19,21-25,28-29,31,33-36,40-43,45,47-48H,2-6,8-11,14-16H2,1H3/p+1. The van der Waals surface area contributed by atoms with E-state index in [1.54, 1.807) is 27.7 Å². The Morgan fingerprint density at radius 1 is 1.08 bits per heavy atom. The lowest BCUT2D eigenvalue weighted by Gasteiger charge is -2.60. The number of nitrogens with two attached hydrogens (primary N) is 1. The zero-order valence-electron chi connectivity index (χ0n) is 29.5. The molecule has 3 saturated heterocycles. The Morgan fingerprint density at radius 2 is 1.92 bits per heavy atom. The monoisotopic (exact) mass is 755 g/mol. The summed E-state index contributed by atoms with van der Waals surface area (Å²) in [5, 5.41) is 65.6. The average Bonchev–Trinajstić information content (AvgIpc) is 3.77. The summed E-state index contributed by atoms with van der Waals surface area (Å²) in [6.45, 7) is 2.16. The van der Waals surface area contributed by atoms with Crippen molar-refractivity contribution in [3.63, 3.8) is 0 Å². The van der Waals surface area contributed by atoms with Crippen LogP contribution in [-0.4, -0.2) is 104 Å². The molecule has 4 saturated carbocycles. The first-order valence-electron chi connectivity index (χ1n) is 19.5. The van der Waals surface area contributed by atoms with Gasteiger partial charge in [0.1, 0.15) is 47.0 Å². The molecule has 0 aromatic heterocycles. The maximum absolute atomic E-state index is 15.1. The van der Waals surface area contributed by atoms with Crippen molar-refractivity contribution in [3.05, 3.63) is 46.3 Å². The lowest BCUT2D eigenvalue weighted by molar-refractivity contribution is -0.713. The molecule has 11 aliphatic rings. The van der Waals surface area contributed by atoms with E-state index in [1.165, 1.54) is 16.7 Å². The molecule has 16 atom stereocenters. The number of carbonyl (C=O) groups excluding carboxylic acids is 2. The van der Waals surface area contributed by atoms with Gasteiger partial charge in [0.25, 0.3) is 0 Å². The Kier molecular flexibility index (Phi) is 8.22. The molecular weight excluding hydrogens is 705 g/mol. The largest absolute Gasteiger partial charge is 0.511 e. The van der Waals surface area contributed by atoms with Crippen molar-refractivity contribution in [1.82, 2.24) is 5.32 Å². The number of hydrogen-bond acceptors (Lipinski definition) is 12. The zero-order valence-corrected chi connectivity index (χ0v) is 31.1. The molecule has 11 rings (SSSR count). The molecule has 0 radical (unpaired) electrons. The summed E-state index contributed by atoms with van der Waals surface area (Å²) >= 11 is 0. The smallest absolute Gasteiger partial charge is 0.187 e. The number of ether oxygens (including phenoxy) is 2. The van der Waals surface area contributed by atoms with Crippen LogP contribution in [0.4, 0.5) is 0 Å². The predicted molar refractivity (Wildman–Crippen MR) is 192 cm³/mol. The summed E-state index contributed by atoms with van der Waals surface area (Å²) in [4.78, 5) is 29.7. The first kappa shape index (κ1) is 34.9. The number of hydrogen-bond donors (Lipinski definition) is 7. The minimum atomic E-state index is -2.07. The second-order valence-corrected chi connectivity index (χ2v) is 20.0. The summed E-state index contributed by atoms with van der Waals surface area (Å²) < 4.78 is 12.7. The van der Waals surface area contributed by atoms with Crippen LogP contribution in [0, 0.1) is 46.3 Å². The third-order valence-corrected chi connectivity index (χ3v) is 18.0. The van der Waals surface area contributed by atoms with Crippen LogP contribution in [0.3, 0.4) is 0 Å². The number of quaternary nitrogens is 1. The number of aliphatic hydroxyl groups is 5. The summed E-state index contributed by atoms with van der Waals surface area (Å²) in [5.74, 6) is -1.93. The molecule has 0 amide bonds. The van der Waals surface area contributed by atoms with Crippen molar-refractivity contribution in [3.8, 4) is 0 Å². The van der Waals surface area contributed by atoms with E-state index in [9.17, 15) is 30.3 Å². The molecule has 5 heterocycles. The summed E-state index contributed by atoms with van der Waals surface area (Å²) in [6, 6.07) is 0. The molecule has 0 aromatic rings. The van der Waals surface area contributed by atoms with Gasteiger partial charge in [0.15, 0.2) is 12.1 Å². The molecule has 0 aromatic carbocycles. The number of ketones is 2. The highest BCUT2D eigenvalue weighted by molar-refractivity contribution is 8.77. The number of Topliss-reactive ketones (excluding diaryl/α,β-unsaturated/α-hetero) is 2. The fourth-order valence-corrected chi connectivity index (χ4v) is 16.4. The number of allylic oxidation sites excluding steroid dienone is 6. The maximum atomic E-state index is 15.1. The van der Waals surface area contributed by atoms with Gasteiger partial charge >= 0.3 is 0 Å².